The molecule has 0 aromatic carbocycles. The highest BCUT2D eigenvalue weighted by Gasteiger charge is 2.31. The molecule has 1 aliphatic carbocycles. The molecular formula is C15H25NO4. The standard InChI is InChI=1S/C15H25NO4/c1-15(2,3)20-14(18)16-12-10-8-6-5-7-9-11(12)13(17)19-4/h5-6,11-12H,7-10H2,1-4H3,(H,16,18)/b6-5-/t11-,12+/m1/s1. The SMILES string of the molecule is COC(=O)[C@@H]1CC/C=C\CC[C@@H]1NC(=O)OC(C)(C)C. The minimum Gasteiger partial charge on any atom is -0.469 e. The van der Waals surface area contributed by atoms with Crippen molar-refractivity contribution in [1.82, 2.24) is 5.32 Å². The van der Waals surface area contributed by atoms with Gasteiger partial charge in [-0.05, 0) is 46.5 Å². The number of alkyl carbamates (subject to hydrolysis) is 1. The molecule has 0 fully saturated rings. The number of esters is 1. The van der Waals surface area contributed by atoms with Crippen LogP contribution < -0.4 is 5.32 Å². The Morgan fingerprint density at radius 3 is 2.30 bits per heavy atom. The Kier molecular flexibility index (Phi) is 6.05. The number of carbonyl (C=O) groups excluding carboxylic acids is 2. The average molecular weight is 283 g/mol. The van der Waals surface area contributed by atoms with E-state index in [2.05, 4.69) is 17.5 Å². The third-order valence-electron chi connectivity index (χ3n) is 3.15. The van der Waals surface area contributed by atoms with Gasteiger partial charge in [-0.3, -0.25) is 4.79 Å². The first-order chi connectivity index (χ1) is 9.33. The molecule has 5 heteroatoms. The number of rotatable bonds is 2. The molecule has 0 saturated carbocycles. The number of carbonyl (C=O) groups is 2. The summed E-state index contributed by atoms with van der Waals surface area (Å²) < 4.78 is 10.1. The van der Waals surface area contributed by atoms with Crippen LogP contribution in [0, 0.1) is 5.92 Å². The van der Waals surface area contributed by atoms with Crippen LogP contribution in [0.15, 0.2) is 12.2 Å². The smallest absolute Gasteiger partial charge is 0.407 e. The van der Waals surface area contributed by atoms with Crippen LogP contribution in [0.3, 0.4) is 0 Å². The summed E-state index contributed by atoms with van der Waals surface area (Å²) in [5.41, 5.74) is -0.549. The number of hydrogen-bond donors (Lipinski definition) is 1. The van der Waals surface area contributed by atoms with Gasteiger partial charge in [0.15, 0.2) is 0 Å². The Hall–Kier alpha value is -1.52. The summed E-state index contributed by atoms with van der Waals surface area (Å²) >= 11 is 0. The lowest BCUT2D eigenvalue weighted by Crippen LogP contribution is -2.45. The van der Waals surface area contributed by atoms with Gasteiger partial charge in [0.25, 0.3) is 0 Å². The first-order valence-corrected chi connectivity index (χ1v) is 7.06. The number of ether oxygens (including phenoxy) is 2. The van der Waals surface area contributed by atoms with E-state index in [0.29, 0.717) is 12.8 Å². The van der Waals surface area contributed by atoms with Crippen LogP contribution in [0.4, 0.5) is 4.79 Å². The third kappa shape index (κ3) is 5.63. The average Bonchev–Trinajstić information content (AvgIpc) is 2.30. The molecule has 114 valence electrons. The molecule has 0 aliphatic heterocycles. The van der Waals surface area contributed by atoms with Crippen molar-refractivity contribution < 1.29 is 19.1 Å². The highest BCUT2D eigenvalue weighted by atomic mass is 16.6. The summed E-state index contributed by atoms with van der Waals surface area (Å²) in [6.45, 7) is 5.43. The van der Waals surface area contributed by atoms with Crippen molar-refractivity contribution in [2.45, 2.75) is 58.1 Å². The topological polar surface area (TPSA) is 64.6 Å². The maximum atomic E-state index is 11.9. The Balaban J connectivity index is 2.72. The maximum absolute atomic E-state index is 11.9. The number of allylic oxidation sites excluding steroid dienone is 2. The molecule has 0 unspecified atom stereocenters. The highest BCUT2D eigenvalue weighted by Crippen LogP contribution is 2.21. The van der Waals surface area contributed by atoms with Gasteiger partial charge in [-0.2, -0.15) is 0 Å². The second-order valence-electron chi connectivity index (χ2n) is 6.01. The minimum atomic E-state index is -0.549. The summed E-state index contributed by atoms with van der Waals surface area (Å²) in [5, 5.41) is 2.81. The van der Waals surface area contributed by atoms with Crippen molar-refractivity contribution in [3.63, 3.8) is 0 Å². The zero-order valence-corrected chi connectivity index (χ0v) is 12.8. The fourth-order valence-electron chi connectivity index (χ4n) is 2.25. The van der Waals surface area contributed by atoms with Gasteiger partial charge in [-0.15, -0.1) is 0 Å². The fraction of sp³-hybridized carbons (Fsp3) is 0.733. The van der Waals surface area contributed by atoms with Crippen LogP contribution in [0.25, 0.3) is 0 Å². The van der Waals surface area contributed by atoms with E-state index in [-0.39, 0.29) is 17.9 Å². The molecule has 0 saturated heterocycles. The Morgan fingerprint density at radius 2 is 1.75 bits per heavy atom. The second kappa shape index (κ2) is 7.31. The Labute approximate surface area is 120 Å². The molecule has 20 heavy (non-hydrogen) atoms. The van der Waals surface area contributed by atoms with E-state index in [1.807, 2.05) is 20.8 Å². The lowest BCUT2D eigenvalue weighted by molar-refractivity contribution is -0.146. The van der Waals surface area contributed by atoms with Gasteiger partial charge in [0.2, 0.25) is 0 Å². The van der Waals surface area contributed by atoms with E-state index >= 15 is 0 Å². The van der Waals surface area contributed by atoms with Gasteiger partial charge in [-0.25, -0.2) is 4.79 Å². The Morgan fingerprint density at radius 1 is 1.15 bits per heavy atom. The number of hydrogen-bond acceptors (Lipinski definition) is 4. The van der Waals surface area contributed by atoms with E-state index in [0.717, 1.165) is 12.8 Å². The lowest BCUT2D eigenvalue weighted by Gasteiger charge is -2.28. The van der Waals surface area contributed by atoms with Gasteiger partial charge in [0.05, 0.1) is 13.0 Å². The van der Waals surface area contributed by atoms with Crippen molar-refractivity contribution in [1.29, 1.82) is 0 Å². The molecule has 1 aliphatic rings. The molecular weight excluding hydrogens is 258 g/mol. The first-order valence-electron chi connectivity index (χ1n) is 7.06. The van der Waals surface area contributed by atoms with Crippen molar-refractivity contribution in [3.05, 3.63) is 12.2 Å². The summed E-state index contributed by atoms with van der Waals surface area (Å²) in [5.74, 6) is -0.598. The number of nitrogens with one attached hydrogen (secondary N) is 1. The second-order valence-corrected chi connectivity index (χ2v) is 6.01. The van der Waals surface area contributed by atoms with Gasteiger partial charge in [0.1, 0.15) is 5.60 Å². The zero-order chi connectivity index (χ0) is 15.2. The van der Waals surface area contributed by atoms with E-state index in [9.17, 15) is 9.59 Å². The van der Waals surface area contributed by atoms with Gasteiger partial charge in [-0.1, -0.05) is 12.2 Å². The van der Waals surface area contributed by atoms with Crippen LogP contribution in [-0.4, -0.2) is 30.8 Å². The zero-order valence-electron chi connectivity index (χ0n) is 12.8. The summed E-state index contributed by atoms with van der Waals surface area (Å²) in [4.78, 5) is 23.7. The molecule has 0 radical (unpaired) electrons. The first kappa shape index (κ1) is 16.5. The molecule has 1 N–H and O–H groups in total. The molecule has 0 heterocycles. The van der Waals surface area contributed by atoms with Crippen molar-refractivity contribution >= 4 is 12.1 Å². The minimum absolute atomic E-state index is 0.248. The van der Waals surface area contributed by atoms with Crippen LogP contribution in [-0.2, 0) is 14.3 Å². The summed E-state index contributed by atoms with van der Waals surface area (Å²) in [6, 6.07) is -0.248. The van der Waals surface area contributed by atoms with Crippen LogP contribution in [0.2, 0.25) is 0 Å². The fourth-order valence-corrected chi connectivity index (χ4v) is 2.25. The van der Waals surface area contributed by atoms with Crippen LogP contribution in [0.1, 0.15) is 46.5 Å². The van der Waals surface area contributed by atoms with Gasteiger partial charge >= 0.3 is 12.1 Å². The maximum Gasteiger partial charge on any atom is 0.407 e. The molecule has 1 rings (SSSR count). The molecule has 0 spiro atoms. The van der Waals surface area contributed by atoms with Crippen molar-refractivity contribution in [3.8, 4) is 0 Å². The van der Waals surface area contributed by atoms with Crippen molar-refractivity contribution in [2.24, 2.45) is 5.92 Å². The lowest BCUT2D eigenvalue weighted by atomic mass is 9.89. The largest absolute Gasteiger partial charge is 0.469 e. The third-order valence-corrected chi connectivity index (χ3v) is 3.15. The highest BCUT2D eigenvalue weighted by molar-refractivity contribution is 5.75. The summed E-state index contributed by atoms with van der Waals surface area (Å²) in [6.07, 6.45) is 6.68. The van der Waals surface area contributed by atoms with Gasteiger partial charge < -0.3 is 14.8 Å². The van der Waals surface area contributed by atoms with E-state index < -0.39 is 11.7 Å². The number of amides is 1. The normalized spacial score (nSPS) is 25.0. The monoisotopic (exact) mass is 283 g/mol. The molecule has 0 aromatic heterocycles. The summed E-state index contributed by atoms with van der Waals surface area (Å²) in [7, 11) is 1.38. The molecule has 2 atom stereocenters. The molecule has 0 aromatic rings. The van der Waals surface area contributed by atoms with E-state index in [1.165, 1.54) is 7.11 Å². The van der Waals surface area contributed by atoms with Crippen LogP contribution in [0.5, 0.6) is 0 Å². The molecule has 0 bridgehead atoms. The Bertz CT molecular complexity index is 371. The quantitative estimate of drug-likeness (QED) is 0.625. The van der Waals surface area contributed by atoms with Gasteiger partial charge in [0, 0.05) is 6.04 Å². The van der Waals surface area contributed by atoms with E-state index in [4.69, 9.17) is 9.47 Å². The predicted octanol–water partition coefficient (Wildman–Crippen LogP) is 2.80. The van der Waals surface area contributed by atoms with Crippen LogP contribution >= 0.6 is 0 Å². The number of methoxy groups -OCH3 is 1. The predicted molar refractivity (Wildman–Crippen MR) is 76.3 cm³/mol. The molecule has 1 amide bonds. The van der Waals surface area contributed by atoms with Crippen molar-refractivity contribution in [2.75, 3.05) is 7.11 Å². The van der Waals surface area contributed by atoms with E-state index in [1.54, 1.807) is 0 Å². The molecule has 5 nitrogen and oxygen atoms in total.